The molecule has 2 N–H and O–H groups in total. The summed E-state index contributed by atoms with van der Waals surface area (Å²) in [4.78, 5) is 44.7. The molecule has 7 nitrogen and oxygen atoms in total. The highest BCUT2D eigenvalue weighted by molar-refractivity contribution is 7.18. The molecule has 2 aromatic heterocycles. The number of esters is 1. The fourth-order valence-electron chi connectivity index (χ4n) is 2.97. The second-order valence-corrected chi connectivity index (χ2v) is 7.13. The Bertz CT molecular complexity index is 938. The Morgan fingerprint density at radius 1 is 1.35 bits per heavy atom. The number of rotatable bonds is 6. The molecule has 3 rings (SSSR count). The summed E-state index contributed by atoms with van der Waals surface area (Å²) in [7, 11) is 0. The number of aromatic amines is 1. The Labute approximate surface area is 154 Å². The van der Waals surface area contributed by atoms with E-state index in [0.29, 0.717) is 11.2 Å². The number of terminal acetylenes is 1. The fourth-order valence-corrected chi connectivity index (χ4v) is 4.25. The number of carbonyl (C=O) groups is 2. The van der Waals surface area contributed by atoms with E-state index in [1.165, 1.54) is 4.88 Å². The molecule has 0 radical (unpaired) electrons. The maximum atomic E-state index is 12.4. The number of nitrogens with zero attached hydrogens (tertiary/aromatic N) is 1. The SMILES string of the molecule is C#CCNC(=O)COC(=O)CCc1nc2sc3c(c2c(=O)[nH]1)CCCC3. The van der Waals surface area contributed by atoms with Crippen molar-refractivity contribution in [1.29, 1.82) is 0 Å². The van der Waals surface area contributed by atoms with Crippen LogP contribution in [0.2, 0.25) is 0 Å². The van der Waals surface area contributed by atoms with E-state index < -0.39 is 11.9 Å². The van der Waals surface area contributed by atoms with E-state index in [-0.39, 0.29) is 31.6 Å². The summed E-state index contributed by atoms with van der Waals surface area (Å²) in [5.41, 5.74) is 0.986. The Balaban J connectivity index is 1.61. The monoisotopic (exact) mass is 373 g/mol. The van der Waals surface area contributed by atoms with Crippen molar-refractivity contribution in [2.24, 2.45) is 0 Å². The molecular formula is C18H19N3O4S. The first-order valence-electron chi connectivity index (χ1n) is 8.47. The molecular weight excluding hydrogens is 354 g/mol. The summed E-state index contributed by atoms with van der Waals surface area (Å²) < 4.78 is 4.87. The smallest absolute Gasteiger partial charge is 0.306 e. The number of fused-ring (bicyclic) bond motifs is 3. The summed E-state index contributed by atoms with van der Waals surface area (Å²) in [6.07, 6.45) is 9.46. The number of nitrogens with one attached hydrogen (secondary N) is 2. The zero-order valence-electron chi connectivity index (χ0n) is 14.2. The van der Waals surface area contributed by atoms with E-state index in [9.17, 15) is 14.4 Å². The first-order valence-corrected chi connectivity index (χ1v) is 9.29. The molecule has 0 saturated heterocycles. The maximum Gasteiger partial charge on any atom is 0.306 e. The average molecular weight is 373 g/mol. The molecule has 0 unspecified atom stereocenters. The lowest BCUT2D eigenvalue weighted by atomic mass is 9.97. The third-order valence-electron chi connectivity index (χ3n) is 4.19. The van der Waals surface area contributed by atoms with Gasteiger partial charge in [-0.3, -0.25) is 14.4 Å². The predicted molar refractivity (Wildman–Crippen MR) is 98.0 cm³/mol. The average Bonchev–Trinajstić information content (AvgIpc) is 3.01. The van der Waals surface area contributed by atoms with Crippen molar-refractivity contribution in [3.63, 3.8) is 0 Å². The summed E-state index contributed by atoms with van der Waals surface area (Å²) in [5.74, 6) is 1.73. The molecule has 0 aliphatic heterocycles. The van der Waals surface area contributed by atoms with Gasteiger partial charge in [0, 0.05) is 11.3 Å². The van der Waals surface area contributed by atoms with E-state index in [0.717, 1.165) is 36.1 Å². The summed E-state index contributed by atoms with van der Waals surface area (Å²) in [6, 6.07) is 0. The van der Waals surface area contributed by atoms with Crippen LogP contribution in [0.25, 0.3) is 10.2 Å². The molecule has 1 aliphatic carbocycles. The van der Waals surface area contributed by atoms with Crippen LogP contribution in [0.1, 0.15) is 35.5 Å². The van der Waals surface area contributed by atoms with Crippen LogP contribution < -0.4 is 10.9 Å². The highest BCUT2D eigenvalue weighted by Gasteiger charge is 2.20. The number of aromatic nitrogens is 2. The fraction of sp³-hybridized carbons (Fsp3) is 0.444. The van der Waals surface area contributed by atoms with E-state index in [1.54, 1.807) is 11.3 Å². The van der Waals surface area contributed by atoms with Crippen LogP contribution in [0.15, 0.2) is 4.79 Å². The third kappa shape index (κ3) is 4.11. The number of thiophene rings is 1. The highest BCUT2D eigenvalue weighted by Crippen LogP contribution is 2.33. The van der Waals surface area contributed by atoms with Gasteiger partial charge in [-0.05, 0) is 31.2 Å². The van der Waals surface area contributed by atoms with Crippen LogP contribution >= 0.6 is 11.3 Å². The number of hydrogen-bond donors (Lipinski definition) is 2. The van der Waals surface area contributed by atoms with Crippen molar-refractivity contribution in [1.82, 2.24) is 15.3 Å². The Kier molecular flexibility index (Phi) is 5.68. The molecule has 8 heteroatoms. The lowest BCUT2D eigenvalue weighted by Crippen LogP contribution is -2.29. The van der Waals surface area contributed by atoms with Gasteiger partial charge in [-0.15, -0.1) is 17.8 Å². The van der Waals surface area contributed by atoms with Crippen molar-refractivity contribution in [3.8, 4) is 12.3 Å². The number of carbonyl (C=O) groups excluding carboxylic acids is 2. The van der Waals surface area contributed by atoms with Gasteiger partial charge in [-0.25, -0.2) is 4.98 Å². The minimum absolute atomic E-state index is 0.0297. The maximum absolute atomic E-state index is 12.4. The van der Waals surface area contributed by atoms with Gasteiger partial charge < -0.3 is 15.0 Å². The first kappa shape index (κ1) is 18.1. The van der Waals surface area contributed by atoms with Crippen molar-refractivity contribution < 1.29 is 14.3 Å². The normalized spacial score (nSPS) is 13.0. The quantitative estimate of drug-likeness (QED) is 0.583. The summed E-state index contributed by atoms with van der Waals surface area (Å²) >= 11 is 1.57. The van der Waals surface area contributed by atoms with Crippen LogP contribution in [0, 0.1) is 12.3 Å². The number of H-pyrrole nitrogens is 1. The first-order chi connectivity index (χ1) is 12.6. The Hall–Kier alpha value is -2.66. The highest BCUT2D eigenvalue weighted by atomic mass is 32.1. The van der Waals surface area contributed by atoms with Crippen LogP contribution in [0.3, 0.4) is 0 Å². The van der Waals surface area contributed by atoms with Crippen LogP contribution in [-0.4, -0.2) is 35.0 Å². The molecule has 0 spiro atoms. The van der Waals surface area contributed by atoms with E-state index in [1.807, 2.05) is 0 Å². The Morgan fingerprint density at radius 3 is 2.96 bits per heavy atom. The van der Waals surface area contributed by atoms with Gasteiger partial charge in [0.2, 0.25) is 0 Å². The summed E-state index contributed by atoms with van der Waals surface area (Å²) in [5, 5.41) is 3.10. The molecule has 2 heterocycles. The van der Waals surface area contributed by atoms with Gasteiger partial charge in [0.15, 0.2) is 6.61 Å². The zero-order valence-corrected chi connectivity index (χ0v) is 15.0. The zero-order chi connectivity index (χ0) is 18.5. The third-order valence-corrected chi connectivity index (χ3v) is 5.38. The molecule has 136 valence electrons. The van der Waals surface area contributed by atoms with Crippen molar-refractivity contribution in [3.05, 3.63) is 26.6 Å². The Morgan fingerprint density at radius 2 is 2.15 bits per heavy atom. The van der Waals surface area contributed by atoms with Gasteiger partial charge >= 0.3 is 5.97 Å². The van der Waals surface area contributed by atoms with Crippen LogP contribution in [-0.2, 0) is 33.6 Å². The van der Waals surface area contributed by atoms with Gasteiger partial charge in [0.1, 0.15) is 10.7 Å². The van der Waals surface area contributed by atoms with E-state index >= 15 is 0 Å². The molecule has 0 fully saturated rings. The topological polar surface area (TPSA) is 101 Å². The number of ether oxygens (including phenoxy) is 1. The second-order valence-electron chi connectivity index (χ2n) is 6.05. The van der Waals surface area contributed by atoms with Gasteiger partial charge in [-0.2, -0.15) is 0 Å². The molecule has 1 amide bonds. The lowest BCUT2D eigenvalue weighted by Gasteiger charge is -2.09. The molecule has 1 aliphatic rings. The largest absolute Gasteiger partial charge is 0.456 e. The molecule has 26 heavy (non-hydrogen) atoms. The second kappa shape index (κ2) is 8.15. The van der Waals surface area contributed by atoms with E-state index in [4.69, 9.17) is 11.2 Å². The van der Waals surface area contributed by atoms with Crippen LogP contribution in [0.4, 0.5) is 0 Å². The molecule has 0 atom stereocenters. The lowest BCUT2D eigenvalue weighted by molar-refractivity contribution is -0.148. The molecule has 0 bridgehead atoms. The molecule has 2 aromatic rings. The minimum Gasteiger partial charge on any atom is -0.456 e. The van der Waals surface area contributed by atoms with Crippen molar-refractivity contribution >= 4 is 33.4 Å². The van der Waals surface area contributed by atoms with Gasteiger partial charge in [0.05, 0.1) is 18.4 Å². The predicted octanol–water partition coefficient (Wildman–Crippen LogP) is 1.09. The number of amides is 1. The summed E-state index contributed by atoms with van der Waals surface area (Å²) in [6.45, 7) is -0.284. The van der Waals surface area contributed by atoms with Crippen molar-refractivity contribution in [2.45, 2.75) is 38.5 Å². The number of aryl methyl sites for hydroxylation is 3. The number of hydrogen-bond acceptors (Lipinski definition) is 6. The molecule has 0 saturated carbocycles. The van der Waals surface area contributed by atoms with Gasteiger partial charge in [0.25, 0.3) is 11.5 Å². The molecule has 0 aromatic carbocycles. The van der Waals surface area contributed by atoms with Crippen LogP contribution in [0.5, 0.6) is 0 Å². The van der Waals surface area contributed by atoms with Gasteiger partial charge in [-0.1, -0.05) is 5.92 Å². The van der Waals surface area contributed by atoms with Crippen molar-refractivity contribution in [2.75, 3.05) is 13.2 Å². The standard InChI is InChI=1S/C18H19N3O4S/c1-2-9-19-14(22)10-25-15(23)8-7-13-20-17(24)16-11-5-3-4-6-12(11)26-18(16)21-13/h1H,3-10H2,(H,19,22)(H,20,21,24). The van der Waals surface area contributed by atoms with E-state index in [2.05, 4.69) is 21.2 Å². The minimum atomic E-state index is -0.533.